The van der Waals surface area contributed by atoms with Crippen molar-refractivity contribution in [3.8, 4) is 6.07 Å². The average molecular weight is 248 g/mol. The van der Waals surface area contributed by atoms with Crippen molar-refractivity contribution in [2.24, 2.45) is 0 Å². The largest absolute Gasteiger partial charge is 0.377 e. The van der Waals surface area contributed by atoms with Gasteiger partial charge in [-0.05, 0) is 37.5 Å². The highest BCUT2D eigenvalue weighted by Crippen LogP contribution is 2.13. The van der Waals surface area contributed by atoms with E-state index in [-0.39, 0.29) is 11.9 Å². The van der Waals surface area contributed by atoms with Gasteiger partial charge in [-0.25, -0.2) is 4.39 Å². The fourth-order valence-corrected chi connectivity index (χ4v) is 2.12. The minimum Gasteiger partial charge on any atom is -0.377 e. The Hall–Kier alpha value is -1.44. The molecular formula is C14H17FN2O. The molecule has 0 spiro atoms. The van der Waals surface area contributed by atoms with Crippen molar-refractivity contribution in [2.75, 3.05) is 13.2 Å². The molecule has 3 nitrogen and oxygen atoms in total. The van der Waals surface area contributed by atoms with Crippen LogP contribution in [0.1, 0.15) is 30.4 Å². The van der Waals surface area contributed by atoms with Crippen LogP contribution in [0.3, 0.4) is 0 Å². The van der Waals surface area contributed by atoms with Gasteiger partial charge in [-0.2, -0.15) is 5.26 Å². The second-order valence-electron chi connectivity index (χ2n) is 4.54. The molecule has 0 aromatic heterocycles. The van der Waals surface area contributed by atoms with Crippen LogP contribution in [0.2, 0.25) is 0 Å². The van der Waals surface area contributed by atoms with Crippen LogP contribution >= 0.6 is 0 Å². The topological polar surface area (TPSA) is 45.0 Å². The summed E-state index contributed by atoms with van der Waals surface area (Å²) in [5.41, 5.74) is 1.02. The van der Waals surface area contributed by atoms with Gasteiger partial charge in [0.1, 0.15) is 5.82 Å². The van der Waals surface area contributed by atoms with Crippen molar-refractivity contribution in [2.45, 2.75) is 31.9 Å². The van der Waals surface area contributed by atoms with Crippen molar-refractivity contribution >= 4 is 0 Å². The van der Waals surface area contributed by atoms with Crippen LogP contribution < -0.4 is 5.32 Å². The van der Waals surface area contributed by atoms with Gasteiger partial charge in [0, 0.05) is 25.3 Å². The number of benzene rings is 1. The van der Waals surface area contributed by atoms with E-state index in [0.717, 1.165) is 26.0 Å². The van der Waals surface area contributed by atoms with Crippen molar-refractivity contribution < 1.29 is 9.13 Å². The van der Waals surface area contributed by atoms with Gasteiger partial charge in [0.2, 0.25) is 0 Å². The molecule has 1 atom stereocenters. The summed E-state index contributed by atoms with van der Waals surface area (Å²) in [7, 11) is 0. The van der Waals surface area contributed by atoms with E-state index >= 15 is 0 Å². The Morgan fingerprint density at radius 3 is 3.06 bits per heavy atom. The number of rotatable bonds is 4. The lowest BCUT2D eigenvalue weighted by Gasteiger charge is -2.22. The molecule has 96 valence electrons. The number of nitrogens with zero attached hydrogens (tertiary/aromatic N) is 1. The Morgan fingerprint density at radius 2 is 2.33 bits per heavy atom. The first-order chi connectivity index (χ1) is 8.79. The molecule has 0 bridgehead atoms. The smallest absolute Gasteiger partial charge is 0.127 e. The molecule has 1 N–H and O–H groups in total. The fraction of sp³-hybridized carbons (Fsp3) is 0.500. The van der Waals surface area contributed by atoms with E-state index < -0.39 is 0 Å². The molecule has 1 fully saturated rings. The molecule has 0 radical (unpaired) electrons. The lowest BCUT2D eigenvalue weighted by Crippen LogP contribution is -2.31. The predicted molar refractivity (Wildman–Crippen MR) is 66.4 cm³/mol. The lowest BCUT2D eigenvalue weighted by atomic mass is 10.1. The van der Waals surface area contributed by atoms with Crippen molar-refractivity contribution in [1.29, 1.82) is 5.26 Å². The maximum absolute atomic E-state index is 13.5. The number of halogens is 1. The summed E-state index contributed by atoms with van der Waals surface area (Å²) in [6, 6.07) is 6.43. The van der Waals surface area contributed by atoms with Crippen LogP contribution in [0.15, 0.2) is 18.2 Å². The molecule has 0 amide bonds. The standard InChI is InChI=1S/C14H17FN2O/c15-14-5-4-11(8-16)7-12(14)9-17-10-13-3-1-2-6-18-13/h4-5,7,13,17H,1-3,6,9-10H2. The van der Waals surface area contributed by atoms with Crippen molar-refractivity contribution in [3.63, 3.8) is 0 Å². The van der Waals surface area contributed by atoms with E-state index in [2.05, 4.69) is 5.32 Å². The van der Waals surface area contributed by atoms with E-state index in [1.807, 2.05) is 6.07 Å². The highest BCUT2D eigenvalue weighted by atomic mass is 19.1. The molecule has 0 saturated carbocycles. The second kappa shape index (κ2) is 6.48. The third kappa shape index (κ3) is 3.52. The number of nitriles is 1. The number of hydrogen-bond acceptors (Lipinski definition) is 3. The summed E-state index contributed by atoms with van der Waals surface area (Å²) in [5, 5.41) is 12.0. The Kier molecular flexibility index (Phi) is 4.68. The third-order valence-corrected chi connectivity index (χ3v) is 3.14. The van der Waals surface area contributed by atoms with Crippen LogP contribution in [0.5, 0.6) is 0 Å². The van der Waals surface area contributed by atoms with Crippen molar-refractivity contribution in [3.05, 3.63) is 35.1 Å². The third-order valence-electron chi connectivity index (χ3n) is 3.14. The molecule has 1 aromatic carbocycles. The van der Waals surface area contributed by atoms with Crippen LogP contribution in [-0.4, -0.2) is 19.3 Å². The summed E-state index contributed by atoms with van der Waals surface area (Å²) < 4.78 is 19.1. The molecule has 1 saturated heterocycles. The normalized spacial score (nSPS) is 19.4. The zero-order valence-electron chi connectivity index (χ0n) is 10.3. The predicted octanol–water partition coefficient (Wildman–Crippen LogP) is 2.36. The van der Waals surface area contributed by atoms with Gasteiger partial charge >= 0.3 is 0 Å². The fourth-order valence-electron chi connectivity index (χ4n) is 2.12. The summed E-state index contributed by atoms with van der Waals surface area (Å²) in [5.74, 6) is -0.272. The molecule has 1 aliphatic rings. The molecule has 0 aliphatic carbocycles. The van der Waals surface area contributed by atoms with E-state index in [9.17, 15) is 4.39 Å². The van der Waals surface area contributed by atoms with Gasteiger partial charge in [-0.1, -0.05) is 0 Å². The molecule has 1 aliphatic heterocycles. The minimum atomic E-state index is -0.272. The average Bonchev–Trinajstić information content (AvgIpc) is 2.42. The van der Waals surface area contributed by atoms with Gasteiger partial charge in [-0.3, -0.25) is 0 Å². The van der Waals surface area contributed by atoms with Gasteiger partial charge < -0.3 is 10.1 Å². The zero-order valence-corrected chi connectivity index (χ0v) is 10.3. The first kappa shape index (κ1) is 13.0. The summed E-state index contributed by atoms with van der Waals surface area (Å²) in [6.07, 6.45) is 3.63. The number of hydrogen-bond donors (Lipinski definition) is 1. The van der Waals surface area contributed by atoms with Crippen LogP contribution in [0, 0.1) is 17.1 Å². The monoisotopic (exact) mass is 248 g/mol. The molecule has 18 heavy (non-hydrogen) atoms. The van der Waals surface area contributed by atoms with Crippen LogP contribution in [-0.2, 0) is 11.3 Å². The van der Waals surface area contributed by atoms with Gasteiger partial charge in [0.25, 0.3) is 0 Å². The van der Waals surface area contributed by atoms with E-state index in [1.54, 1.807) is 6.07 Å². The number of nitrogens with one attached hydrogen (secondary N) is 1. The first-order valence-electron chi connectivity index (χ1n) is 6.30. The van der Waals surface area contributed by atoms with Crippen LogP contribution in [0.25, 0.3) is 0 Å². The maximum atomic E-state index is 13.5. The molecule has 2 rings (SSSR count). The molecule has 1 aromatic rings. The quantitative estimate of drug-likeness (QED) is 0.889. The van der Waals surface area contributed by atoms with E-state index in [0.29, 0.717) is 17.7 Å². The van der Waals surface area contributed by atoms with Gasteiger partial charge in [-0.15, -0.1) is 0 Å². The Morgan fingerprint density at radius 1 is 1.44 bits per heavy atom. The lowest BCUT2D eigenvalue weighted by molar-refractivity contribution is 0.0167. The molecule has 1 heterocycles. The Balaban J connectivity index is 1.84. The first-order valence-corrected chi connectivity index (χ1v) is 6.30. The van der Waals surface area contributed by atoms with E-state index in [4.69, 9.17) is 10.00 Å². The molecule has 4 heteroatoms. The maximum Gasteiger partial charge on any atom is 0.127 e. The van der Waals surface area contributed by atoms with Crippen LogP contribution in [0.4, 0.5) is 4.39 Å². The summed E-state index contributed by atoms with van der Waals surface area (Å²) in [6.45, 7) is 1.99. The van der Waals surface area contributed by atoms with Gasteiger partial charge in [0.05, 0.1) is 17.7 Å². The highest BCUT2D eigenvalue weighted by Gasteiger charge is 2.13. The molecular weight excluding hydrogens is 231 g/mol. The summed E-state index contributed by atoms with van der Waals surface area (Å²) >= 11 is 0. The Bertz CT molecular complexity index is 436. The second-order valence-corrected chi connectivity index (χ2v) is 4.54. The molecule has 1 unspecified atom stereocenters. The van der Waals surface area contributed by atoms with Crippen molar-refractivity contribution in [1.82, 2.24) is 5.32 Å². The number of ether oxygens (including phenoxy) is 1. The zero-order chi connectivity index (χ0) is 12.8. The SMILES string of the molecule is N#Cc1ccc(F)c(CNCC2CCCCO2)c1. The highest BCUT2D eigenvalue weighted by molar-refractivity contribution is 5.33. The van der Waals surface area contributed by atoms with Gasteiger partial charge in [0.15, 0.2) is 0 Å². The minimum absolute atomic E-state index is 0.237. The Labute approximate surface area is 107 Å². The summed E-state index contributed by atoms with van der Waals surface area (Å²) in [4.78, 5) is 0. The van der Waals surface area contributed by atoms with E-state index in [1.165, 1.54) is 18.6 Å².